The molecule has 0 spiro atoms. The lowest BCUT2D eigenvalue weighted by Crippen LogP contribution is -2.28. The van der Waals surface area contributed by atoms with E-state index in [2.05, 4.69) is 32.7 Å². The number of hydrogen-bond donors (Lipinski definition) is 1. The Labute approximate surface area is 77.1 Å². The van der Waals surface area contributed by atoms with Crippen molar-refractivity contribution in [2.45, 2.75) is 27.2 Å². The second-order valence-electron chi connectivity index (χ2n) is 4.30. The lowest BCUT2D eigenvalue weighted by atomic mass is 10.1. The first-order chi connectivity index (χ1) is 5.56. The van der Waals surface area contributed by atoms with E-state index in [-0.39, 0.29) is 0 Å². The third kappa shape index (κ3) is 6.62. The Kier molecular flexibility index (Phi) is 6.39. The molecule has 0 rings (SSSR count). The molecule has 0 saturated heterocycles. The Bertz CT molecular complexity index is 102. The van der Waals surface area contributed by atoms with E-state index in [4.69, 9.17) is 5.73 Å². The van der Waals surface area contributed by atoms with Crippen LogP contribution in [-0.4, -0.2) is 31.6 Å². The van der Waals surface area contributed by atoms with Gasteiger partial charge in [-0.2, -0.15) is 0 Å². The predicted octanol–water partition coefficient (Wildman–Crippen LogP) is 1.56. The van der Waals surface area contributed by atoms with Gasteiger partial charge in [-0.3, -0.25) is 0 Å². The van der Waals surface area contributed by atoms with E-state index in [1.54, 1.807) is 0 Å². The summed E-state index contributed by atoms with van der Waals surface area (Å²) in [6, 6.07) is 0. The van der Waals surface area contributed by atoms with Gasteiger partial charge in [0, 0.05) is 13.1 Å². The molecular formula is C10H24N2. The molecular weight excluding hydrogens is 148 g/mol. The van der Waals surface area contributed by atoms with Gasteiger partial charge < -0.3 is 10.6 Å². The van der Waals surface area contributed by atoms with Crippen LogP contribution in [0.4, 0.5) is 0 Å². The molecule has 74 valence electrons. The third-order valence-corrected chi connectivity index (χ3v) is 1.96. The summed E-state index contributed by atoms with van der Waals surface area (Å²) in [6.07, 6.45) is 1.14. The quantitative estimate of drug-likeness (QED) is 0.659. The van der Waals surface area contributed by atoms with Crippen molar-refractivity contribution in [3.8, 4) is 0 Å². The molecule has 12 heavy (non-hydrogen) atoms. The van der Waals surface area contributed by atoms with Crippen molar-refractivity contribution in [2.24, 2.45) is 17.6 Å². The van der Waals surface area contributed by atoms with Crippen LogP contribution in [-0.2, 0) is 0 Å². The van der Waals surface area contributed by atoms with Gasteiger partial charge in [0.15, 0.2) is 0 Å². The molecule has 0 radical (unpaired) electrons. The average Bonchev–Trinajstić information content (AvgIpc) is 1.84. The summed E-state index contributed by atoms with van der Waals surface area (Å²) in [6.45, 7) is 9.96. The number of rotatable bonds is 6. The first kappa shape index (κ1) is 11.9. The zero-order valence-electron chi connectivity index (χ0n) is 9.01. The van der Waals surface area contributed by atoms with Crippen molar-refractivity contribution < 1.29 is 0 Å². The van der Waals surface area contributed by atoms with Gasteiger partial charge in [-0.1, -0.05) is 20.8 Å². The highest BCUT2D eigenvalue weighted by molar-refractivity contribution is 4.60. The Balaban J connectivity index is 3.46. The Morgan fingerprint density at radius 1 is 1.17 bits per heavy atom. The lowest BCUT2D eigenvalue weighted by molar-refractivity contribution is 0.253. The first-order valence-corrected chi connectivity index (χ1v) is 4.94. The maximum atomic E-state index is 5.49. The Morgan fingerprint density at radius 3 is 2.17 bits per heavy atom. The normalized spacial score (nSPS) is 14.2. The molecule has 1 unspecified atom stereocenters. The van der Waals surface area contributed by atoms with Gasteiger partial charge in [-0.25, -0.2) is 0 Å². The zero-order valence-corrected chi connectivity index (χ0v) is 9.01. The van der Waals surface area contributed by atoms with Crippen LogP contribution in [0.2, 0.25) is 0 Å². The van der Waals surface area contributed by atoms with Crippen molar-refractivity contribution in [3.63, 3.8) is 0 Å². The zero-order chi connectivity index (χ0) is 9.56. The number of nitrogens with zero attached hydrogens (tertiary/aromatic N) is 1. The molecule has 2 nitrogen and oxygen atoms in total. The van der Waals surface area contributed by atoms with Crippen molar-refractivity contribution >= 4 is 0 Å². The van der Waals surface area contributed by atoms with E-state index in [1.807, 2.05) is 0 Å². The maximum Gasteiger partial charge on any atom is 0.000455 e. The second-order valence-corrected chi connectivity index (χ2v) is 4.30. The highest BCUT2D eigenvalue weighted by atomic mass is 15.1. The molecule has 0 aliphatic heterocycles. The molecule has 0 aromatic carbocycles. The highest BCUT2D eigenvalue weighted by Crippen LogP contribution is 2.04. The Hall–Kier alpha value is -0.0800. The van der Waals surface area contributed by atoms with E-state index < -0.39 is 0 Å². The molecule has 2 N–H and O–H groups in total. The van der Waals surface area contributed by atoms with Gasteiger partial charge in [0.2, 0.25) is 0 Å². The van der Waals surface area contributed by atoms with E-state index in [1.165, 1.54) is 13.1 Å². The summed E-state index contributed by atoms with van der Waals surface area (Å²) in [5.41, 5.74) is 5.49. The van der Waals surface area contributed by atoms with E-state index in [9.17, 15) is 0 Å². The van der Waals surface area contributed by atoms with Crippen LogP contribution < -0.4 is 5.73 Å². The molecule has 0 bridgehead atoms. The van der Waals surface area contributed by atoms with Crippen molar-refractivity contribution in [1.82, 2.24) is 4.90 Å². The van der Waals surface area contributed by atoms with E-state index >= 15 is 0 Å². The summed E-state index contributed by atoms with van der Waals surface area (Å²) < 4.78 is 0. The van der Waals surface area contributed by atoms with Gasteiger partial charge in [0.05, 0.1) is 0 Å². The fourth-order valence-electron chi connectivity index (χ4n) is 1.61. The van der Waals surface area contributed by atoms with Crippen molar-refractivity contribution in [3.05, 3.63) is 0 Å². The summed E-state index contributed by atoms with van der Waals surface area (Å²) in [5, 5.41) is 0. The molecule has 0 fully saturated rings. The minimum Gasteiger partial charge on any atom is -0.330 e. The lowest BCUT2D eigenvalue weighted by Gasteiger charge is -2.22. The molecule has 0 aliphatic carbocycles. The third-order valence-electron chi connectivity index (χ3n) is 1.96. The van der Waals surface area contributed by atoms with Crippen LogP contribution in [0.5, 0.6) is 0 Å². The summed E-state index contributed by atoms with van der Waals surface area (Å²) in [5.74, 6) is 1.50. The smallest absolute Gasteiger partial charge is 0.000455 e. The molecule has 1 atom stereocenters. The predicted molar refractivity (Wildman–Crippen MR) is 55.2 cm³/mol. The van der Waals surface area contributed by atoms with E-state index in [0.717, 1.165) is 24.8 Å². The van der Waals surface area contributed by atoms with Crippen molar-refractivity contribution in [2.75, 3.05) is 26.7 Å². The Morgan fingerprint density at radius 2 is 1.75 bits per heavy atom. The van der Waals surface area contributed by atoms with Gasteiger partial charge in [-0.05, 0) is 31.8 Å². The summed E-state index contributed by atoms with van der Waals surface area (Å²) >= 11 is 0. The second kappa shape index (κ2) is 6.44. The highest BCUT2D eigenvalue weighted by Gasteiger charge is 2.06. The van der Waals surface area contributed by atoms with Crippen LogP contribution in [0, 0.1) is 11.8 Å². The van der Waals surface area contributed by atoms with Crippen LogP contribution in [0.15, 0.2) is 0 Å². The first-order valence-electron chi connectivity index (χ1n) is 4.94. The summed E-state index contributed by atoms with van der Waals surface area (Å²) in [7, 11) is 2.19. The molecule has 0 aromatic heterocycles. The number of hydrogen-bond acceptors (Lipinski definition) is 2. The monoisotopic (exact) mass is 172 g/mol. The molecule has 0 heterocycles. The van der Waals surface area contributed by atoms with Crippen LogP contribution in [0.25, 0.3) is 0 Å². The molecule has 0 amide bonds. The van der Waals surface area contributed by atoms with Crippen LogP contribution in [0.1, 0.15) is 27.2 Å². The molecule has 0 aromatic rings. The largest absolute Gasteiger partial charge is 0.330 e. The van der Waals surface area contributed by atoms with Gasteiger partial charge in [0.25, 0.3) is 0 Å². The molecule has 0 saturated carbocycles. The fourth-order valence-corrected chi connectivity index (χ4v) is 1.61. The minimum absolute atomic E-state index is 0.735. The topological polar surface area (TPSA) is 29.3 Å². The maximum absolute atomic E-state index is 5.49. The minimum atomic E-state index is 0.735. The molecule has 2 heteroatoms. The molecule has 0 aliphatic rings. The van der Waals surface area contributed by atoms with Gasteiger partial charge in [-0.15, -0.1) is 0 Å². The van der Waals surface area contributed by atoms with Gasteiger partial charge in [0.1, 0.15) is 0 Å². The SMILES string of the molecule is CC(C)CN(C)CC(C)CCN. The van der Waals surface area contributed by atoms with E-state index in [0.29, 0.717) is 0 Å². The fraction of sp³-hybridized carbons (Fsp3) is 1.00. The summed E-state index contributed by atoms with van der Waals surface area (Å²) in [4.78, 5) is 2.39. The van der Waals surface area contributed by atoms with Crippen LogP contribution >= 0.6 is 0 Å². The van der Waals surface area contributed by atoms with Crippen molar-refractivity contribution in [1.29, 1.82) is 0 Å². The van der Waals surface area contributed by atoms with Crippen LogP contribution in [0.3, 0.4) is 0 Å². The average molecular weight is 172 g/mol. The van der Waals surface area contributed by atoms with Gasteiger partial charge >= 0.3 is 0 Å². The number of nitrogens with two attached hydrogens (primary N) is 1. The standard InChI is InChI=1S/C10H24N2/c1-9(2)7-12(4)8-10(3)5-6-11/h9-10H,5-8,11H2,1-4H3.